The summed E-state index contributed by atoms with van der Waals surface area (Å²) < 4.78 is 9.23. The van der Waals surface area contributed by atoms with Crippen LogP contribution in [0.3, 0.4) is 0 Å². The number of methoxy groups -OCH3 is 2. The molecule has 2 aromatic heterocycles. The summed E-state index contributed by atoms with van der Waals surface area (Å²) >= 11 is 17.7. The number of hydrogen-bond donors (Lipinski definition) is 0. The fourth-order valence-electron chi connectivity index (χ4n) is 2.70. The molecule has 2 saturated carbocycles. The summed E-state index contributed by atoms with van der Waals surface area (Å²) in [5.41, 5.74) is 0.191. The maximum Gasteiger partial charge on any atom is 0.358 e. The van der Waals surface area contributed by atoms with Crippen LogP contribution in [0, 0.1) is 0 Å². The average Bonchev–Trinajstić information content (AvgIpc) is 3.67. The van der Waals surface area contributed by atoms with E-state index >= 15 is 0 Å². The minimum atomic E-state index is -0.591. The van der Waals surface area contributed by atoms with Gasteiger partial charge >= 0.3 is 11.9 Å². The quantitative estimate of drug-likeness (QED) is 0.436. The number of carbonyl (C=O) groups excluding carboxylic acids is 2. The van der Waals surface area contributed by atoms with Crippen molar-refractivity contribution in [1.29, 1.82) is 0 Å². The van der Waals surface area contributed by atoms with E-state index in [1.165, 1.54) is 14.2 Å². The lowest BCUT2D eigenvalue weighted by molar-refractivity contribution is 0.0585. The number of nitrogens with zero attached hydrogens (tertiary/aromatic N) is 5. The molecule has 0 bridgehead atoms. The molecule has 2 aliphatic carbocycles. The van der Waals surface area contributed by atoms with Crippen LogP contribution in [-0.4, -0.2) is 60.2 Å². The summed E-state index contributed by atoms with van der Waals surface area (Å²) in [5.74, 6) is 1.36. The molecule has 2 aromatic rings. The lowest BCUT2D eigenvalue weighted by Crippen LogP contribution is -2.17. The van der Waals surface area contributed by atoms with E-state index in [0.29, 0.717) is 29.3 Å². The zero-order valence-electron chi connectivity index (χ0n) is 18.0. The van der Waals surface area contributed by atoms with Crippen LogP contribution in [0.4, 0.5) is 5.82 Å². The lowest BCUT2D eigenvalue weighted by atomic mass is 10.3. The molecule has 0 atom stereocenters. The molecule has 2 aliphatic rings. The lowest BCUT2D eigenvalue weighted by Gasteiger charge is -2.15. The Morgan fingerprint density at radius 1 is 0.781 bits per heavy atom. The Hall–Kier alpha value is -2.23. The van der Waals surface area contributed by atoms with Crippen molar-refractivity contribution in [2.45, 2.75) is 37.5 Å². The fraction of sp³-hybridized carbons (Fsp3) is 0.500. The first kappa shape index (κ1) is 24.4. The zero-order chi connectivity index (χ0) is 23.6. The topological polar surface area (TPSA) is 107 Å². The molecule has 0 saturated heterocycles. The van der Waals surface area contributed by atoms with E-state index in [-0.39, 0.29) is 26.6 Å². The van der Waals surface area contributed by atoms with Crippen molar-refractivity contribution in [2.24, 2.45) is 0 Å². The maximum absolute atomic E-state index is 11.6. The van der Waals surface area contributed by atoms with E-state index in [4.69, 9.17) is 34.8 Å². The average molecular weight is 503 g/mol. The summed E-state index contributed by atoms with van der Waals surface area (Å²) in [6.07, 6.45) is 4.18. The summed E-state index contributed by atoms with van der Waals surface area (Å²) in [7, 11) is 6.23. The Bertz CT molecular complexity index is 1040. The minimum Gasteiger partial charge on any atom is -0.464 e. The summed E-state index contributed by atoms with van der Waals surface area (Å²) in [6.45, 7) is 0. The number of carbonyl (C=O) groups is 2. The molecule has 32 heavy (non-hydrogen) atoms. The fourth-order valence-corrected chi connectivity index (χ4v) is 3.36. The molecular formula is C20H22Cl3N5O4. The monoisotopic (exact) mass is 501 g/mol. The first-order chi connectivity index (χ1) is 15.2. The van der Waals surface area contributed by atoms with Gasteiger partial charge in [0, 0.05) is 25.9 Å². The van der Waals surface area contributed by atoms with Crippen molar-refractivity contribution in [3.8, 4) is 0 Å². The molecule has 0 amide bonds. The Morgan fingerprint density at radius 2 is 1.22 bits per heavy atom. The third-order valence-electron chi connectivity index (χ3n) is 4.75. The summed E-state index contributed by atoms with van der Waals surface area (Å²) in [6, 6.07) is 0. The highest BCUT2D eigenvalue weighted by molar-refractivity contribution is 6.42. The van der Waals surface area contributed by atoms with Crippen LogP contribution in [0.15, 0.2) is 0 Å². The predicted octanol–water partition coefficient (Wildman–Crippen LogP) is 4.31. The molecule has 0 spiro atoms. The highest BCUT2D eigenvalue weighted by Crippen LogP contribution is 2.40. The Labute approximate surface area is 200 Å². The molecule has 0 radical (unpaired) electrons. The number of aromatic nitrogens is 4. The molecular weight excluding hydrogens is 481 g/mol. The van der Waals surface area contributed by atoms with Gasteiger partial charge in [-0.05, 0) is 25.7 Å². The normalized spacial score (nSPS) is 14.8. The SMILES string of the molecule is COC(=O)c1nc(C2CC2)nc(Cl)c1Cl.COC(=O)c1nc(C2CC2)nc(N(C)C)c1Cl. The smallest absolute Gasteiger partial charge is 0.358 e. The number of halogens is 3. The molecule has 0 unspecified atom stereocenters. The van der Waals surface area contributed by atoms with Crippen molar-refractivity contribution in [3.05, 3.63) is 38.2 Å². The van der Waals surface area contributed by atoms with Crippen LogP contribution in [0.25, 0.3) is 0 Å². The number of anilines is 1. The molecule has 12 heteroatoms. The third-order valence-corrected chi connectivity index (χ3v) is 5.82. The van der Waals surface area contributed by atoms with Gasteiger partial charge in [0.2, 0.25) is 0 Å². The van der Waals surface area contributed by atoms with Gasteiger partial charge in [0.15, 0.2) is 22.4 Å². The summed E-state index contributed by atoms with van der Waals surface area (Å²) in [4.78, 5) is 41.4. The Kier molecular flexibility index (Phi) is 7.74. The molecule has 0 aliphatic heterocycles. The van der Waals surface area contributed by atoms with Gasteiger partial charge in [0.25, 0.3) is 0 Å². The Morgan fingerprint density at radius 3 is 1.62 bits per heavy atom. The van der Waals surface area contributed by atoms with Crippen molar-refractivity contribution < 1.29 is 19.1 Å². The first-order valence-electron chi connectivity index (χ1n) is 9.82. The highest BCUT2D eigenvalue weighted by Gasteiger charge is 2.31. The van der Waals surface area contributed by atoms with Crippen LogP contribution >= 0.6 is 34.8 Å². The van der Waals surface area contributed by atoms with Gasteiger partial charge in [-0.3, -0.25) is 0 Å². The first-order valence-corrected chi connectivity index (χ1v) is 11.0. The van der Waals surface area contributed by atoms with Crippen molar-refractivity contribution in [2.75, 3.05) is 33.2 Å². The van der Waals surface area contributed by atoms with Gasteiger partial charge in [-0.1, -0.05) is 34.8 Å². The molecule has 2 heterocycles. The minimum absolute atomic E-state index is 0.0427. The van der Waals surface area contributed by atoms with Crippen LogP contribution in [-0.2, 0) is 9.47 Å². The predicted molar refractivity (Wildman–Crippen MR) is 120 cm³/mol. The van der Waals surface area contributed by atoms with Gasteiger partial charge in [0.1, 0.15) is 21.7 Å². The molecule has 0 aromatic carbocycles. The number of rotatable bonds is 5. The maximum atomic E-state index is 11.6. The third kappa shape index (κ3) is 5.57. The van der Waals surface area contributed by atoms with Crippen LogP contribution in [0.5, 0.6) is 0 Å². The summed E-state index contributed by atoms with van der Waals surface area (Å²) in [5, 5.41) is 0.396. The van der Waals surface area contributed by atoms with Crippen molar-refractivity contribution in [3.63, 3.8) is 0 Å². The van der Waals surface area contributed by atoms with Crippen LogP contribution in [0.2, 0.25) is 15.2 Å². The molecule has 0 N–H and O–H groups in total. The largest absolute Gasteiger partial charge is 0.464 e. The van der Waals surface area contributed by atoms with Gasteiger partial charge in [-0.2, -0.15) is 0 Å². The number of ether oxygens (including phenoxy) is 2. The second-order valence-electron chi connectivity index (χ2n) is 7.53. The molecule has 4 rings (SSSR count). The van der Waals surface area contributed by atoms with Gasteiger partial charge in [-0.25, -0.2) is 29.5 Å². The standard InChI is InChI=1S/C11H14ClN3O2.C9H8Cl2N2O2/c1-15(2)10-7(12)8(11(16)17-3)13-9(14-10)6-4-5-6;1-15-9(14)6-5(10)7(11)13-8(12-6)4-2-3-4/h6H,4-5H2,1-3H3;4H,2-3H2,1H3. The van der Waals surface area contributed by atoms with Crippen LogP contribution in [0.1, 0.15) is 70.1 Å². The molecule has 172 valence electrons. The number of esters is 2. The van der Waals surface area contributed by atoms with Gasteiger partial charge in [0.05, 0.1) is 14.2 Å². The second kappa shape index (κ2) is 10.1. The Balaban J connectivity index is 0.000000182. The number of hydrogen-bond acceptors (Lipinski definition) is 9. The van der Waals surface area contributed by atoms with Gasteiger partial charge < -0.3 is 14.4 Å². The van der Waals surface area contributed by atoms with E-state index in [1.807, 2.05) is 14.1 Å². The zero-order valence-corrected chi connectivity index (χ0v) is 20.3. The van der Waals surface area contributed by atoms with E-state index in [9.17, 15) is 9.59 Å². The van der Waals surface area contributed by atoms with Crippen LogP contribution < -0.4 is 4.90 Å². The van der Waals surface area contributed by atoms with E-state index in [2.05, 4.69) is 29.4 Å². The van der Waals surface area contributed by atoms with E-state index in [1.54, 1.807) is 4.90 Å². The highest BCUT2D eigenvalue weighted by atomic mass is 35.5. The molecule has 9 nitrogen and oxygen atoms in total. The van der Waals surface area contributed by atoms with Gasteiger partial charge in [-0.15, -0.1) is 0 Å². The second-order valence-corrected chi connectivity index (χ2v) is 8.64. The molecule has 2 fully saturated rings. The van der Waals surface area contributed by atoms with Crippen molar-refractivity contribution >= 4 is 52.6 Å². The van der Waals surface area contributed by atoms with E-state index < -0.39 is 11.9 Å². The van der Waals surface area contributed by atoms with E-state index in [0.717, 1.165) is 25.7 Å². The van der Waals surface area contributed by atoms with Crippen molar-refractivity contribution in [1.82, 2.24) is 19.9 Å².